The van der Waals surface area contributed by atoms with E-state index < -0.39 is 11.9 Å². The van der Waals surface area contributed by atoms with Crippen molar-refractivity contribution in [1.82, 2.24) is 0 Å². The van der Waals surface area contributed by atoms with Gasteiger partial charge in [-0.05, 0) is 24.6 Å². The number of allylic oxidation sites excluding steroid dienone is 2. The van der Waals surface area contributed by atoms with Crippen LogP contribution in [0.5, 0.6) is 17.2 Å². The van der Waals surface area contributed by atoms with E-state index in [9.17, 15) is 10.1 Å². The highest BCUT2D eigenvalue weighted by Crippen LogP contribution is 2.45. The van der Waals surface area contributed by atoms with Crippen molar-refractivity contribution < 1.29 is 28.5 Å². The highest BCUT2D eigenvalue weighted by atomic mass is 16.5. The lowest BCUT2D eigenvalue weighted by atomic mass is 9.83. The third kappa shape index (κ3) is 3.11. The van der Waals surface area contributed by atoms with Crippen molar-refractivity contribution in [3.63, 3.8) is 0 Å². The largest absolute Gasteiger partial charge is 0.493 e. The molecule has 1 aliphatic rings. The highest BCUT2D eigenvalue weighted by molar-refractivity contribution is 5.92. The van der Waals surface area contributed by atoms with Gasteiger partial charge in [0.05, 0.1) is 39.9 Å². The maximum atomic E-state index is 12.3. The summed E-state index contributed by atoms with van der Waals surface area (Å²) < 4.78 is 26.2. The van der Waals surface area contributed by atoms with Crippen LogP contribution < -0.4 is 19.9 Å². The second-order valence-corrected chi connectivity index (χ2v) is 5.34. The molecule has 0 radical (unpaired) electrons. The molecule has 0 saturated carbocycles. The van der Waals surface area contributed by atoms with E-state index in [4.69, 9.17) is 29.4 Å². The van der Waals surface area contributed by atoms with Gasteiger partial charge in [0.1, 0.15) is 17.4 Å². The summed E-state index contributed by atoms with van der Waals surface area (Å²) in [5, 5.41) is 9.58. The first-order chi connectivity index (χ1) is 12.4. The van der Waals surface area contributed by atoms with Crippen LogP contribution in [0.2, 0.25) is 0 Å². The van der Waals surface area contributed by atoms with Crippen LogP contribution in [0.15, 0.2) is 34.9 Å². The Morgan fingerprint density at radius 2 is 1.73 bits per heavy atom. The second kappa shape index (κ2) is 7.70. The number of hydrogen-bond donors (Lipinski definition) is 1. The Balaban J connectivity index is 2.77. The molecule has 138 valence electrons. The molecule has 0 aliphatic carbocycles. The van der Waals surface area contributed by atoms with E-state index in [1.54, 1.807) is 19.1 Å². The smallest absolute Gasteiger partial charge is 0.338 e. The van der Waals surface area contributed by atoms with Crippen molar-refractivity contribution in [3.05, 3.63) is 40.5 Å². The lowest BCUT2D eigenvalue weighted by Gasteiger charge is -2.27. The summed E-state index contributed by atoms with van der Waals surface area (Å²) in [4.78, 5) is 12.3. The van der Waals surface area contributed by atoms with Crippen molar-refractivity contribution in [1.29, 1.82) is 5.26 Å². The fourth-order valence-corrected chi connectivity index (χ4v) is 2.86. The third-order valence-electron chi connectivity index (χ3n) is 4.03. The van der Waals surface area contributed by atoms with Crippen LogP contribution in [-0.4, -0.2) is 34.4 Å². The summed E-state index contributed by atoms with van der Waals surface area (Å²) in [7, 11) is 5.69. The Morgan fingerprint density at radius 1 is 1.15 bits per heavy atom. The first kappa shape index (κ1) is 19.0. The van der Waals surface area contributed by atoms with Crippen molar-refractivity contribution >= 4 is 5.97 Å². The number of nitrogens with two attached hydrogens (primary N) is 1. The zero-order valence-corrected chi connectivity index (χ0v) is 15.2. The fraction of sp³-hybridized carbons (Fsp3) is 0.333. The molecule has 2 rings (SSSR count). The van der Waals surface area contributed by atoms with E-state index in [1.165, 1.54) is 28.4 Å². The fourth-order valence-electron chi connectivity index (χ4n) is 2.86. The molecule has 26 heavy (non-hydrogen) atoms. The maximum absolute atomic E-state index is 12.3. The Morgan fingerprint density at radius 3 is 2.15 bits per heavy atom. The number of nitrogens with zero attached hydrogens (tertiary/aromatic N) is 1. The molecule has 1 atom stereocenters. The van der Waals surface area contributed by atoms with Gasteiger partial charge in [0, 0.05) is 0 Å². The van der Waals surface area contributed by atoms with Gasteiger partial charge in [-0.25, -0.2) is 4.79 Å². The minimum Gasteiger partial charge on any atom is -0.493 e. The highest BCUT2D eigenvalue weighted by Gasteiger charge is 2.37. The normalized spacial score (nSPS) is 16.5. The minimum atomic E-state index is -0.796. The van der Waals surface area contributed by atoms with Gasteiger partial charge in [0.15, 0.2) is 11.5 Å². The van der Waals surface area contributed by atoms with E-state index in [0.717, 1.165) is 0 Å². The molecule has 0 fully saturated rings. The lowest BCUT2D eigenvalue weighted by molar-refractivity contribution is -0.136. The van der Waals surface area contributed by atoms with Crippen LogP contribution in [0.3, 0.4) is 0 Å². The molecule has 0 bridgehead atoms. The van der Waals surface area contributed by atoms with Crippen LogP contribution in [0.1, 0.15) is 18.4 Å². The molecular formula is C18H20N2O6. The van der Waals surface area contributed by atoms with Crippen molar-refractivity contribution in [3.8, 4) is 23.3 Å². The number of hydrogen-bond acceptors (Lipinski definition) is 8. The maximum Gasteiger partial charge on any atom is 0.338 e. The molecule has 1 unspecified atom stereocenters. The van der Waals surface area contributed by atoms with Gasteiger partial charge in [-0.1, -0.05) is 0 Å². The minimum absolute atomic E-state index is 0.0728. The summed E-state index contributed by atoms with van der Waals surface area (Å²) >= 11 is 0. The van der Waals surface area contributed by atoms with Crippen LogP contribution in [0, 0.1) is 11.3 Å². The number of ether oxygens (including phenoxy) is 5. The van der Waals surface area contributed by atoms with Crippen LogP contribution in [0.4, 0.5) is 0 Å². The summed E-state index contributed by atoms with van der Waals surface area (Å²) in [6.45, 7) is 1.58. The molecule has 0 saturated heterocycles. The molecule has 0 amide bonds. The molecule has 2 N–H and O–H groups in total. The SMILES string of the molecule is COC(=O)C1=C(C)OC(N)=C(C#N)C1c1cc(OC)c(OC)c(OC)c1. The van der Waals surface area contributed by atoms with Crippen molar-refractivity contribution in [2.75, 3.05) is 28.4 Å². The van der Waals surface area contributed by atoms with Gasteiger partial charge >= 0.3 is 5.97 Å². The lowest BCUT2D eigenvalue weighted by Crippen LogP contribution is -2.25. The Hall–Kier alpha value is -3.34. The van der Waals surface area contributed by atoms with Crippen LogP contribution in [0.25, 0.3) is 0 Å². The average Bonchev–Trinajstić information content (AvgIpc) is 2.65. The molecule has 8 heteroatoms. The summed E-state index contributed by atoms with van der Waals surface area (Å²) in [5.74, 6) is -0.0846. The standard InChI is InChI=1S/C18H20N2O6/c1-9-14(18(21)25-5)15(11(8-19)17(20)26-9)10-6-12(22-2)16(24-4)13(7-10)23-3/h6-7,15H,20H2,1-5H3. The first-order valence-corrected chi connectivity index (χ1v) is 7.59. The number of rotatable bonds is 5. The molecular weight excluding hydrogens is 340 g/mol. The Bertz CT molecular complexity index is 810. The monoisotopic (exact) mass is 360 g/mol. The van der Waals surface area contributed by atoms with E-state index in [0.29, 0.717) is 22.8 Å². The van der Waals surface area contributed by atoms with E-state index >= 15 is 0 Å². The molecule has 1 aromatic rings. The molecule has 0 spiro atoms. The van der Waals surface area contributed by atoms with E-state index in [-0.39, 0.29) is 22.8 Å². The molecule has 1 aliphatic heterocycles. The molecule has 8 nitrogen and oxygen atoms in total. The third-order valence-corrected chi connectivity index (χ3v) is 4.03. The number of carbonyl (C=O) groups excluding carboxylic acids is 1. The molecule has 0 aromatic heterocycles. The number of benzene rings is 1. The number of esters is 1. The van der Waals surface area contributed by atoms with Crippen LogP contribution in [-0.2, 0) is 14.3 Å². The van der Waals surface area contributed by atoms with Crippen molar-refractivity contribution in [2.45, 2.75) is 12.8 Å². The van der Waals surface area contributed by atoms with Crippen molar-refractivity contribution in [2.24, 2.45) is 5.73 Å². The van der Waals surface area contributed by atoms with E-state index in [1.807, 2.05) is 6.07 Å². The molecule has 1 aromatic carbocycles. The summed E-state index contributed by atoms with van der Waals surface area (Å²) in [6.07, 6.45) is 0. The number of carbonyl (C=O) groups is 1. The second-order valence-electron chi connectivity index (χ2n) is 5.34. The summed E-state index contributed by atoms with van der Waals surface area (Å²) in [5.41, 5.74) is 6.68. The predicted octanol–water partition coefficient (Wildman–Crippen LogP) is 1.97. The summed E-state index contributed by atoms with van der Waals surface area (Å²) in [6, 6.07) is 5.31. The quantitative estimate of drug-likeness (QED) is 0.793. The average molecular weight is 360 g/mol. The zero-order chi connectivity index (χ0) is 19.4. The van der Waals surface area contributed by atoms with Gasteiger partial charge in [-0.3, -0.25) is 0 Å². The number of methoxy groups -OCH3 is 4. The van der Waals surface area contributed by atoms with Gasteiger partial charge in [-0.2, -0.15) is 5.26 Å². The van der Waals surface area contributed by atoms with Crippen LogP contribution >= 0.6 is 0 Å². The predicted molar refractivity (Wildman–Crippen MR) is 91.5 cm³/mol. The first-order valence-electron chi connectivity index (χ1n) is 7.59. The van der Waals surface area contributed by atoms with Gasteiger partial charge in [0.25, 0.3) is 0 Å². The Kier molecular flexibility index (Phi) is 5.62. The number of nitriles is 1. The Labute approximate surface area is 151 Å². The van der Waals surface area contributed by atoms with Gasteiger partial charge in [-0.15, -0.1) is 0 Å². The topological polar surface area (TPSA) is 113 Å². The van der Waals surface area contributed by atoms with Gasteiger partial charge in [0.2, 0.25) is 11.6 Å². The molecule has 1 heterocycles. The van der Waals surface area contributed by atoms with Gasteiger partial charge < -0.3 is 29.4 Å². The van der Waals surface area contributed by atoms with E-state index in [2.05, 4.69) is 0 Å². The zero-order valence-electron chi connectivity index (χ0n) is 15.2.